The lowest BCUT2D eigenvalue weighted by Crippen LogP contribution is -2.10. The second kappa shape index (κ2) is 4.56. The summed E-state index contributed by atoms with van der Waals surface area (Å²) in [5, 5.41) is 8.82. The van der Waals surface area contributed by atoms with Gasteiger partial charge in [0.2, 0.25) is 0 Å². The zero-order chi connectivity index (χ0) is 11.4. The number of methoxy groups -OCH3 is 2. The van der Waals surface area contributed by atoms with Crippen molar-refractivity contribution in [3.05, 3.63) is 17.7 Å². The number of aryl methyl sites for hydroxylation is 1. The van der Waals surface area contributed by atoms with Crippen molar-refractivity contribution in [3.63, 3.8) is 0 Å². The molecular weight excluding hydrogens is 192 g/mol. The Hall–Kier alpha value is -1.89. The standard InChI is InChI=1S/C11H14N2O2/c1-8-5-11(15-4)9(13(2)7-12)6-10(8)14-3/h5-6H,1-4H3. The van der Waals surface area contributed by atoms with Crippen molar-refractivity contribution in [2.24, 2.45) is 0 Å². The molecule has 0 spiro atoms. The number of ether oxygens (including phenoxy) is 2. The van der Waals surface area contributed by atoms with E-state index in [1.165, 1.54) is 4.90 Å². The molecule has 0 aliphatic carbocycles. The summed E-state index contributed by atoms with van der Waals surface area (Å²) in [5.74, 6) is 1.41. The Morgan fingerprint density at radius 1 is 1.20 bits per heavy atom. The molecule has 0 unspecified atom stereocenters. The molecule has 0 fully saturated rings. The van der Waals surface area contributed by atoms with Crippen LogP contribution in [0.5, 0.6) is 11.5 Å². The van der Waals surface area contributed by atoms with Crippen molar-refractivity contribution in [2.45, 2.75) is 6.92 Å². The molecule has 0 bridgehead atoms. The number of nitriles is 1. The molecule has 0 aliphatic rings. The minimum atomic E-state index is 0.664. The van der Waals surface area contributed by atoms with E-state index in [2.05, 4.69) is 0 Å². The zero-order valence-corrected chi connectivity index (χ0v) is 9.37. The van der Waals surface area contributed by atoms with Crippen LogP contribution in [-0.4, -0.2) is 21.3 Å². The highest BCUT2D eigenvalue weighted by Gasteiger charge is 2.11. The maximum atomic E-state index is 8.82. The predicted molar refractivity (Wildman–Crippen MR) is 58.3 cm³/mol. The molecule has 4 heteroatoms. The van der Waals surface area contributed by atoms with Crippen LogP contribution in [0.1, 0.15) is 5.56 Å². The summed E-state index contributed by atoms with van der Waals surface area (Å²) < 4.78 is 10.4. The molecular formula is C11H14N2O2. The van der Waals surface area contributed by atoms with E-state index in [-0.39, 0.29) is 0 Å². The molecule has 0 aliphatic heterocycles. The molecule has 0 atom stereocenters. The van der Waals surface area contributed by atoms with Gasteiger partial charge < -0.3 is 9.47 Å². The van der Waals surface area contributed by atoms with Crippen molar-refractivity contribution < 1.29 is 9.47 Å². The van der Waals surface area contributed by atoms with Gasteiger partial charge in [-0.15, -0.1) is 0 Å². The fourth-order valence-electron chi connectivity index (χ4n) is 1.35. The molecule has 15 heavy (non-hydrogen) atoms. The highest BCUT2D eigenvalue weighted by molar-refractivity contribution is 5.65. The molecule has 4 nitrogen and oxygen atoms in total. The molecule has 0 saturated heterocycles. The molecule has 1 rings (SSSR count). The van der Waals surface area contributed by atoms with Crippen LogP contribution in [0.3, 0.4) is 0 Å². The Bertz CT molecular complexity index is 396. The van der Waals surface area contributed by atoms with E-state index >= 15 is 0 Å². The van der Waals surface area contributed by atoms with Gasteiger partial charge in [-0.1, -0.05) is 0 Å². The number of anilines is 1. The van der Waals surface area contributed by atoms with Gasteiger partial charge in [0.25, 0.3) is 0 Å². The highest BCUT2D eigenvalue weighted by Crippen LogP contribution is 2.34. The molecule has 0 aromatic heterocycles. The van der Waals surface area contributed by atoms with E-state index in [4.69, 9.17) is 14.7 Å². The van der Waals surface area contributed by atoms with Gasteiger partial charge in [0.05, 0.1) is 19.9 Å². The predicted octanol–water partition coefficient (Wildman–Crippen LogP) is 1.93. The Balaban J connectivity index is 3.30. The maximum Gasteiger partial charge on any atom is 0.184 e. The first-order valence-corrected chi connectivity index (χ1v) is 4.50. The number of benzene rings is 1. The van der Waals surface area contributed by atoms with Gasteiger partial charge in [-0.2, -0.15) is 5.26 Å². The van der Waals surface area contributed by atoms with E-state index in [1.54, 1.807) is 27.3 Å². The molecule has 1 aromatic carbocycles. The molecule has 0 heterocycles. The lowest BCUT2D eigenvalue weighted by atomic mass is 10.1. The summed E-state index contributed by atoms with van der Waals surface area (Å²) in [4.78, 5) is 1.43. The van der Waals surface area contributed by atoms with Crippen LogP contribution in [0, 0.1) is 18.4 Å². The third-order valence-corrected chi connectivity index (χ3v) is 2.21. The third kappa shape index (κ3) is 2.13. The Morgan fingerprint density at radius 2 is 1.80 bits per heavy atom. The van der Waals surface area contributed by atoms with Crippen LogP contribution >= 0.6 is 0 Å². The first-order chi connectivity index (χ1) is 7.13. The third-order valence-electron chi connectivity index (χ3n) is 2.21. The summed E-state index contributed by atoms with van der Waals surface area (Å²) >= 11 is 0. The zero-order valence-electron chi connectivity index (χ0n) is 9.37. The van der Waals surface area contributed by atoms with E-state index in [0.29, 0.717) is 11.4 Å². The summed E-state index contributed by atoms with van der Waals surface area (Å²) in [5.41, 5.74) is 1.67. The van der Waals surface area contributed by atoms with Crippen molar-refractivity contribution >= 4 is 5.69 Å². The van der Waals surface area contributed by atoms with Crippen LogP contribution in [0.25, 0.3) is 0 Å². The number of hydrogen-bond donors (Lipinski definition) is 0. The molecule has 0 radical (unpaired) electrons. The minimum absolute atomic E-state index is 0.664. The first kappa shape index (κ1) is 11.2. The van der Waals surface area contributed by atoms with Gasteiger partial charge in [-0.3, -0.25) is 4.90 Å². The highest BCUT2D eigenvalue weighted by atomic mass is 16.5. The minimum Gasteiger partial charge on any atom is -0.496 e. The van der Waals surface area contributed by atoms with Crippen molar-refractivity contribution in [3.8, 4) is 17.7 Å². The molecule has 80 valence electrons. The van der Waals surface area contributed by atoms with Crippen LogP contribution < -0.4 is 14.4 Å². The topological polar surface area (TPSA) is 45.5 Å². The number of rotatable bonds is 3. The summed E-state index contributed by atoms with van der Waals surface area (Å²) in [6.45, 7) is 1.93. The average molecular weight is 206 g/mol. The van der Waals surface area contributed by atoms with Gasteiger partial charge in [0, 0.05) is 13.1 Å². The second-order valence-electron chi connectivity index (χ2n) is 3.15. The molecule has 0 N–H and O–H groups in total. The lowest BCUT2D eigenvalue weighted by molar-refractivity contribution is 0.401. The fraction of sp³-hybridized carbons (Fsp3) is 0.364. The first-order valence-electron chi connectivity index (χ1n) is 4.50. The quantitative estimate of drug-likeness (QED) is 0.560. The Morgan fingerprint density at radius 3 is 2.27 bits per heavy atom. The number of nitrogens with zero attached hydrogens (tertiary/aromatic N) is 2. The van der Waals surface area contributed by atoms with E-state index < -0.39 is 0 Å². The van der Waals surface area contributed by atoms with Gasteiger partial charge in [0.15, 0.2) is 6.19 Å². The summed E-state index contributed by atoms with van der Waals surface area (Å²) in [7, 11) is 4.85. The average Bonchev–Trinajstić information content (AvgIpc) is 2.27. The monoisotopic (exact) mass is 206 g/mol. The van der Waals surface area contributed by atoms with Crippen LogP contribution in [0.2, 0.25) is 0 Å². The van der Waals surface area contributed by atoms with Crippen molar-refractivity contribution in [1.29, 1.82) is 5.26 Å². The van der Waals surface area contributed by atoms with Gasteiger partial charge in [0.1, 0.15) is 11.5 Å². The van der Waals surface area contributed by atoms with Crippen LogP contribution in [0.4, 0.5) is 5.69 Å². The normalized spacial score (nSPS) is 9.27. The smallest absolute Gasteiger partial charge is 0.184 e. The Labute approximate surface area is 89.6 Å². The molecule has 0 amide bonds. The van der Waals surface area contributed by atoms with Gasteiger partial charge >= 0.3 is 0 Å². The molecule has 1 aromatic rings. The van der Waals surface area contributed by atoms with E-state index in [0.717, 1.165) is 11.3 Å². The van der Waals surface area contributed by atoms with Gasteiger partial charge in [-0.25, -0.2) is 0 Å². The van der Waals surface area contributed by atoms with Crippen LogP contribution in [0.15, 0.2) is 12.1 Å². The maximum absolute atomic E-state index is 8.82. The Kier molecular flexibility index (Phi) is 3.40. The fourth-order valence-corrected chi connectivity index (χ4v) is 1.35. The number of hydrogen-bond acceptors (Lipinski definition) is 4. The van der Waals surface area contributed by atoms with E-state index in [9.17, 15) is 0 Å². The molecule has 0 saturated carbocycles. The lowest BCUT2D eigenvalue weighted by Gasteiger charge is -2.16. The van der Waals surface area contributed by atoms with Crippen molar-refractivity contribution in [2.75, 3.05) is 26.2 Å². The van der Waals surface area contributed by atoms with Gasteiger partial charge in [-0.05, 0) is 18.6 Å². The second-order valence-corrected chi connectivity index (χ2v) is 3.15. The summed E-state index contributed by atoms with van der Waals surface area (Å²) in [6, 6.07) is 3.64. The van der Waals surface area contributed by atoms with E-state index in [1.807, 2.05) is 19.2 Å². The largest absolute Gasteiger partial charge is 0.496 e. The van der Waals surface area contributed by atoms with Crippen molar-refractivity contribution in [1.82, 2.24) is 0 Å². The SMILES string of the molecule is COc1cc(N(C)C#N)c(OC)cc1C. The van der Waals surface area contributed by atoms with Crippen LogP contribution in [-0.2, 0) is 0 Å². The summed E-state index contributed by atoms with van der Waals surface area (Å²) in [6.07, 6.45) is 2.02.